The summed E-state index contributed by atoms with van der Waals surface area (Å²) in [6.45, 7) is 74.3. The van der Waals surface area contributed by atoms with E-state index < -0.39 is 85.4 Å². The molecule has 4 aromatic carbocycles. The Bertz CT molecular complexity index is 3870. The first-order valence-corrected chi connectivity index (χ1v) is 54.1. The molecule has 0 unspecified atom stereocenters. The Morgan fingerprint density at radius 2 is 0.638 bits per heavy atom. The van der Waals surface area contributed by atoms with E-state index >= 15 is 0 Å². The maximum Gasteiger partial charge on any atom is 0.192 e. The lowest BCUT2D eigenvalue weighted by atomic mass is 10.0. The molecule has 2 aliphatic heterocycles. The highest BCUT2D eigenvalue weighted by molar-refractivity contribution is 6.75. The second-order valence-electron chi connectivity index (χ2n) is 39.5. The molecule has 0 bridgehead atoms. The van der Waals surface area contributed by atoms with Crippen molar-refractivity contribution in [1.82, 2.24) is 0 Å². The third-order valence-corrected chi connectivity index (χ3v) is 38.4. The number of rotatable bonds is 48. The summed E-state index contributed by atoms with van der Waals surface area (Å²) in [6.07, 6.45) is 18.5. The summed E-state index contributed by atoms with van der Waals surface area (Å²) < 4.78 is 90.4. The zero-order chi connectivity index (χ0) is 96.2. The summed E-state index contributed by atoms with van der Waals surface area (Å²) in [5.74, 6) is 2.16. The molecule has 0 radical (unpaired) electrons. The minimum Gasteiger partial charge on any atom is -0.497 e. The summed E-state index contributed by atoms with van der Waals surface area (Å²) in [6, 6.07) is 31.0. The van der Waals surface area contributed by atoms with Crippen molar-refractivity contribution in [3.8, 4) is 23.0 Å². The van der Waals surface area contributed by atoms with Gasteiger partial charge in [-0.3, -0.25) is 0 Å². The van der Waals surface area contributed by atoms with Gasteiger partial charge in [0.25, 0.3) is 0 Å². The van der Waals surface area contributed by atoms with E-state index in [9.17, 15) is 25.5 Å². The van der Waals surface area contributed by atoms with Crippen molar-refractivity contribution in [1.29, 1.82) is 0 Å². The molecule has 23 heteroatoms. The topological polar surface area (TPSA) is 240 Å². The van der Waals surface area contributed by atoms with Crippen LogP contribution in [0.15, 0.2) is 196 Å². The number of aliphatic hydroxyl groups excluding tert-OH is 5. The first-order valence-electron chi connectivity index (χ1n) is 45.4. The Morgan fingerprint density at radius 1 is 0.362 bits per heavy atom. The molecule has 0 aliphatic carbocycles. The van der Waals surface area contributed by atoms with E-state index in [1.54, 1.807) is 60.5 Å². The Kier molecular flexibility index (Phi) is 49.2. The third kappa shape index (κ3) is 40.2. The second kappa shape index (κ2) is 54.2. The van der Waals surface area contributed by atoms with Crippen molar-refractivity contribution in [3.05, 3.63) is 219 Å². The molecule has 0 spiro atoms. The molecule has 2 heterocycles. The van der Waals surface area contributed by atoms with Crippen molar-refractivity contribution in [2.24, 2.45) is 23.7 Å². The van der Waals surface area contributed by atoms with Gasteiger partial charge in [0.1, 0.15) is 71.8 Å². The molecule has 6 rings (SSSR count). The highest BCUT2D eigenvalue weighted by atomic mass is 28.4. The minimum atomic E-state index is -2.14. The Hall–Kier alpha value is -5.99. The summed E-state index contributed by atoms with van der Waals surface area (Å²) in [4.78, 5) is 0. The SMILES string of the molecule is C=CC[C@@H]1OC(C)(C)O[C@@H]1[C@@H](/C=C\[C@@H](C)[C@H](C)O)OCc1ccc(OC)cc1.C=CC[C@@H]1OC(C)(C)O[C@@H]1[C@@H](/C=C\[C@@H](C)[C@H](C)O[Si](C)(C)C(C)(C)C)OCc1ccc(OC)cc1.C=CC[C@H](O)[C@H](O)[C@@H](/C=C\[C@@H](C)[C@H](C)O)OCc1ccc(OC)cc1.C=CC[C@H](O[Si](C)(C)C(C)(C)C)[C@H](O)[C@@H](/C=C\[C@@H](C)[C@H](C)O[Si](C)(C)C(C)(C)C)OCc1ccc(OC)cc1. The second-order valence-corrected chi connectivity index (χ2v) is 53.7. The van der Waals surface area contributed by atoms with Crippen LogP contribution < -0.4 is 18.9 Å². The summed E-state index contributed by atoms with van der Waals surface area (Å²) in [7, 11) is 0.687. The van der Waals surface area contributed by atoms with Crippen LogP contribution in [0.1, 0.15) is 193 Å². The molecule has 2 saturated heterocycles. The van der Waals surface area contributed by atoms with Gasteiger partial charge in [-0.1, -0.05) is 211 Å². The molecule has 0 aromatic heterocycles. The Morgan fingerprint density at radius 3 is 0.921 bits per heavy atom. The van der Waals surface area contributed by atoms with E-state index in [2.05, 4.69) is 174 Å². The average Bonchev–Trinajstić information content (AvgIpc) is 1.80. The van der Waals surface area contributed by atoms with E-state index in [1.165, 1.54) is 0 Å². The van der Waals surface area contributed by atoms with Gasteiger partial charge in [0.05, 0.1) is 91.5 Å². The normalized spacial score (nSPS) is 20.7. The number of hydrogen-bond acceptors (Lipinski definition) is 20. The molecule has 0 saturated carbocycles. The van der Waals surface area contributed by atoms with Crippen LogP contribution in [0, 0.1) is 23.7 Å². The lowest BCUT2D eigenvalue weighted by molar-refractivity contribution is -0.156. The number of ether oxygens (including phenoxy) is 12. The third-order valence-electron chi connectivity index (χ3n) is 24.8. The predicted molar refractivity (Wildman–Crippen MR) is 525 cm³/mol. The van der Waals surface area contributed by atoms with Gasteiger partial charge in [0.15, 0.2) is 36.5 Å². The van der Waals surface area contributed by atoms with Crippen LogP contribution in [0.2, 0.25) is 54.4 Å². The lowest BCUT2D eigenvalue weighted by Crippen LogP contribution is -2.49. The van der Waals surface area contributed by atoms with Gasteiger partial charge >= 0.3 is 0 Å². The van der Waals surface area contributed by atoms with Crippen molar-refractivity contribution >= 4 is 25.0 Å². The molecule has 127 heavy (non-hydrogen) atoms. The fourth-order valence-corrected chi connectivity index (χ4v) is 17.0. The van der Waals surface area contributed by atoms with E-state index in [0.717, 1.165) is 45.3 Å². The largest absolute Gasteiger partial charge is 0.497 e. The van der Waals surface area contributed by atoms with E-state index in [-0.39, 0.29) is 101 Å². The zero-order valence-corrected chi connectivity index (χ0v) is 86.6. The summed E-state index contributed by atoms with van der Waals surface area (Å²) in [5.41, 5.74) is 4.05. The van der Waals surface area contributed by atoms with Crippen LogP contribution in [0.3, 0.4) is 0 Å². The van der Waals surface area contributed by atoms with Crippen molar-refractivity contribution < 1.29 is 95.7 Å². The summed E-state index contributed by atoms with van der Waals surface area (Å²) in [5, 5.41) is 51.8. The van der Waals surface area contributed by atoms with Gasteiger partial charge in [-0.15, -0.1) is 26.3 Å². The van der Waals surface area contributed by atoms with Crippen molar-refractivity contribution in [3.63, 3.8) is 0 Å². The molecule has 4 aromatic rings. The van der Waals surface area contributed by atoms with E-state index in [0.29, 0.717) is 39.1 Å². The van der Waals surface area contributed by atoms with E-state index in [1.807, 2.05) is 175 Å². The Balaban J connectivity index is 0.000000443. The molecule has 20 nitrogen and oxygen atoms in total. The minimum absolute atomic E-state index is 0.0141. The fourth-order valence-electron chi connectivity index (χ4n) is 12.7. The smallest absolute Gasteiger partial charge is 0.192 e. The van der Waals surface area contributed by atoms with Gasteiger partial charge < -0.3 is 95.7 Å². The first-order chi connectivity index (χ1) is 59.1. The molecule has 2 aliphatic rings. The van der Waals surface area contributed by atoms with Gasteiger partial charge in [0, 0.05) is 12.2 Å². The van der Waals surface area contributed by atoms with Crippen LogP contribution in [0.4, 0.5) is 0 Å². The molecule has 20 atom stereocenters. The number of benzene rings is 4. The molecular weight excluding hydrogens is 1650 g/mol. The van der Waals surface area contributed by atoms with Crippen LogP contribution in [-0.2, 0) is 77.6 Å². The molecule has 5 N–H and O–H groups in total. The van der Waals surface area contributed by atoms with Crippen molar-refractivity contribution in [2.75, 3.05) is 28.4 Å². The van der Waals surface area contributed by atoms with E-state index in [4.69, 9.17) is 70.1 Å². The van der Waals surface area contributed by atoms with Crippen LogP contribution >= 0.6 is 0 Å². The molecule has 718 valence electrons. The molecule has 2 fully saturated rings. The van der Waals surface area contributed by atoms with Crippen LogP contribution in [0.25, 0.3) is 0 Å². The zero-order valence-electron chi connectivity index (χ0n) is 83.6. The van der Waals surface area contributed by atoms with Crippen molar-refractivity contribution in [2.45, 2.75) is 361 Å². The van der Waals surface area contributed by atoms with Gasteiger partial charge in [-0.05, 0) is 230 Å². The highest BCUT2D eigenvalue weighted by Crippen LogP contribution is 2.43. The average molecular weight is 1820 g/mol. The fraction of sp³-hybridized carbons (Fsp3) is 0.615. The predicted octanol–water partition coefficient (Wildman–Crippen LogP) is 22.5. The standard InChI is InChI=1S/C32H58O5Si2.C29H48O5Si.C23H34O5.C20H30O5/c1-15-16-29(37-39(13,14)32(7,8)9)30(33)28(35-23-26-18-20-27(34-10)21-19-26)22-17-24(2)25(3)36-38(11,12)31(4,5)6;1-12-13-26-27(33-29(7,8)32-26)25(31-20-23-15-17-24(30-9)18-16-23)19-14-21(2)22(3)34-35(10,11)28(4,5)6;1-7-8-21-22(28-23(4,5)27-21)20(14-9-16(2)17(3)24)26-15-18-10-12-19(25-6)13-11-18;1-5-6-18(22)20(23)19(12-7-14(2)15(3)21)25-13-16-8-10-17(24-4)11-9-16/h15,17-22,24-25,28-30,33H,1,16,23H2,2-14H3;12,14-19,21-22,25-27H,1,13,20H2,2-11H3;7,9-14,16-17,20-22,24H,1,8,15H2,2-6H3;5,7-12,14-15,18-23H,1,6,13H2,2-4H3/b22-17-;19-14-;14-9-;12-7-/t24-,25+,28-,29+,30-;21-,22+,25-,26+,27-;16-,17+,20-,21+,22-;14-,15+,18+,19-,20+/m1111/s1. The monoisotopic (exact) mass is 1820 g/mol. The molecular formula is C104H170O20Si3. The first kappa shape index (κ1) is 115. The number of aliphatic hydroxyl groups is 5. The van der Waals surface area contributed by atoms with Gasteiger partial charge in [-0.25, -0.2) is 0 Å². The van der Waals surface area contributed by atoms with Crippen LogP contribution in [-0.4, -0.2) is 188 Å². The van der Waals surface area contributed by atoms with Gasteiger partial charge in [-0.2, -0.15) is 0 Å². The lowest BCUT2D eigenvalue weighted by Gasteiger charge is -2.41. The highest BCUT2D eigenvalue weighted by Gasteiger charge is 2.48. The van der Waals surface area contributed by atoms with Gasteiger partial charge in [0.2, 0.25) is 0 Å². The number of methoxy groups -OCH3 is 4. The number of hydrogen-bond donors (Lipinski definition) is 5. The van der Waals surface area contributed by atoms with Crippen LogP contribution in [0.5, 0.6) is 23.0 Å². The molecule has 0 amide bonds. The maximum atomic E-state index is 11.7. The quantitative estimate of drug-likeness (QED) is 0.0204. The maximum absolute atomic E-state index is 11.7. The Labute approximate surface area is 770 Å². The summed E-state index contributed by atoms with van der Waals surface area (Å²) >= 11 is 0.